The van der Waals surface area contributed by atoms with E-state index in [1.165, 1.54) is 25.7 Å². The van der Waals surface area contributed by atoms with Crippen LogP contribution in [0.25, 0.3) is 0 Å². The van der Waals surface area contributed by atoms with Gasteiger partial charge < -0.3 is 0 Å². The summed E-state index contributed by atoms with van der Waals surface area (Å²) >= 11 is 0. The van der Waals surface area contributed by atoms with Crippen LogP contribution in [-0.4, -0.2) is 45.5 Å². The number of unbranched alkanes of at least 4 members (excludes halogenated alkanes) is 1. The maximum absolute atomic E-state index is 2.33. The van der Waals surface area contributed by atoms with Gasteiger partial charge in [0.1, 0.15) is 0 Å². The molecule has 0 aliphatic carbocycles. The van der Waals surface area contributed by atoms with E-state index < -0.39 is 0 Å². The molecule has 9 heavy (non-hydrogen) atoms. The Labute approximate surface area is 96.7 Å². The van der Waals surface area contributed by atoms with Crippen LogP contribution < -0.4 is 0 Å². The van der Waals surface area contributed by atoms with Crippen molar-refractivity contribution in [2.24, 2.45) is 5.92 Å². The molecule has 0 spiro atoms. The zero-order valence-electron chi connectivity index (χ0n) is 7.11. The summed E-state index contributed by atoms with van der Waals surface area (Å²) in [5.74, 6) is 0.954. The van der Waals surface area contributed by atoms with E-state index in [-0.39, 0.29) is 45.5 Å². The van der Waals surface area contributed by atoms with Crippen molar-refractivity contribution in [3.05, 3.63) is 0 Å². The van der Waals surface area contributed by atoms with Crippen LogP contribution in [0.4, 0.5) is 0 Å². The van der Waals surface area contributed by atoms with Gasteiger partial charge in [-0.2, -0.15) is 0 Å². The summed E-state index contributed by atoms with van der Waals surface area (Å²) in [6.45, 7) is 6.85. The van der Waals surface area contributed by atoms with Crippen molar-refractivity contribution >= 4 is 45.5 Å². The molecule has 0 rings (SSSR count). The molecule has 0 heterocycles. The van der Waals surface area contributed by atoms with Crippen molar-refractivity contribution in [3.8, 4) is 0 Å². The fourth-order valence-corrected chi connectivity index (χ4v) is 0.757. The molecule has 0 aromatic carbocycles. The molecule has 0 aromatic heterocycles. The molecule has 0 nitrogen and oxygen atoms in total. The fraction of sp³-hybridized carbons (Fsp3) is 1.00. The van der Waals surface area contributed by atoms with Gasteiger partial charge in [0.15, 0.2) is 0 Å². The largest absolute Gasteiger partial charge is 0.0654 e. The second-order valence-corrected chi connectivity index (χ2v) is 2.66. The topological polar surface area (TPSA) is 0 Å². The molecule has 0 aliphatic heterocycles. The van der Waals surface area contributed by atoms with Crippen molar-refractivity contribution in [1.29, 1.82) is 0 Å². The zero-order valence-corrected chi connectivity index (χ0v) is 10.6. The van der Waals surface area contributed by atoms with Crippen molar-refractivity contribution in [2.75, 3.05) is 0 Å². The minimum Gasteiger partial charge on any atom is -0.0654 e. The Hall–Kier alpha value is 1.48. The average Bonchev–Trinajstić information content (AvgIpc) is 1.83. The molecule has 2 radical (unpaired) electrons. The smallest absolute Gasteiger partial charge is 0 e. The molecule has 0 fully saturated rings. The van der Waals surface area contributed by atoms with E-state index in [0.29, 0.717) is 0 Å². The van der Waals surface area contributed by atoms with Gasteiger partial charge in [-0.25, -0.2) is 0 Å². The van der Waals surface area contributed by atoms with Gasteiger partial charge in [-0.05, 0) is 5.92 Å². The minimum absolute atomic E-state index is 0. The first-order valence-corrected chi connectivity index (χ1v) is 3.81. The molecule has 1 atom stereocenters. The standard InChI is InChI=1S/C8H18.Sr/c1-4-6-7-8(3)5-2;/h8H,4-7H2,1-3H3;. The van der Waals surface area contributed by atoms with Gasteiger partial charge in [0.25, 0.3) is 0 Å². The molecular weight excluding hydrogens is 184 g/mol. The summed E-state index contributed by atoms with van der Waals surface area (Å²) in [6.07, 6.45) is 5.53. The Balaban J connectivity index is 0. The van der Waals surface area contributed by atoms with Crippen LogP contribution >= 0.6 is 0 Å². The Bertz CT molecular complexity index is 43.8. The molecule has 0 saturated carbocycles. The maximum Gasteiger partial charge on any atom is 0 e. The molecule has 0 aliphatic rings. The van der Waals surface area contributed by atoms with Gasteiger partial charge in [0, 0.05) is 45.5 Å². The van der Waals surface area contributed by atoms with Crippen molar-refractivity contribution in [3.63, 3.8) is 0 Å². The van der Waals surface area contributed by atoms with Gasteiger partial charge in [-0.3, -0.25) is 0 Å². The summed E-state index contributed by atoms with van der Waals surface area (Å²) in [7, 11) is 0. The van der Waals surface area contributed by atoms with E-state index in [2.05, 4.69) is 20.8 Å². The number of hydrogen-bond donors (Lipinski definition) is 0. The van der Waals surface area contributed by atoms with E-state index >= 15 is 0 Å². The maximum atomic E-state index is 2.33. The zero-order chi connectivity index (χ0) is 6.41. The van der Waals surface area contributed by atoms with E-state index in [4.69, 9.17) is 0 Å². The van der Waals surface area contributed by atoms with E-state index in [1.807, 2.05) is 0 Å². The van der Waals surface area contributed by atoms with E-state index in [9.17, 15) is 0 Å². The van der Waals surface area contributed by atoms with Gasteiger partial charge in [-0.15, -0.1) is 0 Å². The monoisotopic (exact) mass is 202 g/mol. The van der Waals surface area contributed by atoms with E-state index in [0.717, 1.165) is 5.92 Å². The second kappa shape index (κ2) is 9.48. The van der Waals surface area contributed by atoms with Crippen LogP contribution in [0.1, 0.15) is 46.5 Å². The molecule has 0 N–H and O–H groups in total. The predicted octanol–water partition coefficient (Wildman–Crippen LogP) is 2.84. The van der Waals surface area contributed by atoms with Gasteiger partial charge >= 0.3 is 0 Å². The fourth-order valence-electron chi connectivity index (χ4n) is 0.757. The molecule has 1 heteroatoms. The molecule has 1 unspecified atom stereocenters. The quantitative estimate of drug-likeness (QED) is 0.614. The van der Waals surface area contributed by atoms with Gasteiger partial charge in [0.2, 0.25) is 0 Å². The van der Waals surface area contributed by atoms with Crippen LogP contribution in [0.2, 0.25) is 0 Å². The summed E-state index contributed by atoms with van der Waals surface area (Å²) in [5, 5.41) is 0. The third-order valence-corrected chi connectivity index (χ3v) is 1.75. The molecule has 52 valence electrons. The van der Waals surface area contributed by atoms with Crippen LogP contribution in [0.5, 0.6) is 0 Å². The van der Waals surface area contributed by atoms with Crippen molar-refractivity contribution in [2.45, 2.75) is 46.5 Å². The van der Waals surface area contributed by atoms with E-state index in [1.54, 1.807) is 0 Å². The number of hydrogen-bond acceptors (Lipinski definition) is 0. The summed E-state index contributed by atoms with van der Waals surface area (Å²) in [6, 6.07) is 0. The normalized spacial score (nSPS) is 12.3. The van der Waals surface area contributed by atoms with Crippen LogP contribution in [-0.2, 0) is 0 Å². The molecule has 0 saturated heterocycles. The summed E-state index contributed by atoms with van der Waals surface area (Å²) < 4.78 is 0. The van der Waals surface area contributed by atoms with Crippen LogP contribution in [0.15, 0.2) is 0 Å². The third-order valence-electron chi connectivity index (χ3n) is 1.75. The van der Waals surface area contributed by atoms with Crippen LogP contribution in [0, 0.1) is 5.92 Å². The first kappa shape index (κ1) is 13.1. The Morgan fingerprint density at radius 3 is 2.11 bits per heavy atom. The molecule has 0 aromatic rings. The summed E-state index contributed by atoms with van der Waals surface area (Å²) in [5.41, 5.74) is 0. The first-order valence-electron chi connectivity index (χ1n) is 3.81. The average molecular weight is 202 g/mol. The first-order chi connectivity index (χ1) is 3.81. The van der Waals surface area contributed by atoms with Gasteiger partial charge in [-0.1, -0.05) is 46.5 Å². The van der Waals surface area contributed by atoms with Crippen molar-refractivity contribution < 1.29 is 0 Å². The summed E-state index contributed by atoms with van der Waals surface area (Å²) in [4.78, 5) is 0. The third kappa shape index (κ3) is 9.48. The van der Waals surface area contributed by atoms with Crippen molar-refractivity contribution in [1.82, 2.24) is 0 Å². The molecule has 0 amide bonds. The Kier molecular flexibility index (Phi) is 13.8. The molecular formula is C8H18Sr. The predicted molar refractivity (Wildman–Crippen MR) is 44.7 cm³/mol. The second-order valence-electron chi connectivity index (χ2n) is 2.66. The van der Waals surface area contributed by atoms with Gasteiger partial charge in [0.05, 0.1) is 0 Å². The molecule has 0 bridgehead atoms. The minimum atomic E-state index is 0. The van der Waals surface area contributed by atoms with Crippen LogP contribution in [0.3, 0.4) is 0 Å². The number of rotatable bonds is 4. The Morgan fingerprint density at radius 1 is 1.22 bits per heavy atom. The Morgan fingerprint density at radius 2 is 1.78 bits per heavy atom. The SMILES string of the molecule is CCCCC(C)CC.[Sr].